The standard InChI is InChI=1S/C20H20N2O3/c1-4-9-21-19(24)16-15-8-6-13-10-11(2)5-7-14(13)22(15)18(12(3)23)17(16)20(21)25/h4-8,10,15-18H,1,9H2,2-3H3. The first-order chi connectivity index (χ1) is 12.0. The minimum Gasteiger partial charge on any atom is -0.353 e. The van der Waals surface area contributed by atoms with Crippen LogP contribution in [0.1, 0.15) is 18.1 Å². The Labute approximate surface area is 146 Å². The minimum atomic E-state index is -0.619. The molecule has 5 nitrogen and oxygen atoms in total. The number of likely N-dealkylation sites (tertiary alicyclic amines) is 1. The van der Waals surface area contributed by atoms with E-state index in [1.165, 1.54) is 11.8 Å². The van der Waals surface area contributed by atoms with Crippen LogP contribution in [-0.2, 0) is 14.4 Å². The van der Waals surface area contributed by atoms with Gasteiger partial charge in [0.15, 0.2) is 5.78 Å². The number of anilines is 1. The second-order valence-electron chi connectivity index (χ2n) is 7.00. The van der Waals surface area contributed by atoms with Crippen LogP contribution in [0.5, 0.6) is 0 Å². The summed E-state index contributed by atoms with van der Waals surface area (Å²) >= 11 is 0. The van der Waals surface area contributed by atoms with Gasteiger partial charge in [-0.3, -0.25) is 19.3 Å². The largest absolute Gasteiger partial charge is 0.353 e. The van der Waals surface area contributed by atoms with Crippen molar-refractivity contribution in [3.63, 3.8) is 0 Å². The number of carbonyl (C=O) groups excluding carboxylic acids is 3. The van der Waals surface area contributed by atoms with Gasteiger partial charge < -0.3 is 4.90 Å². The monoisotopic (exact) mass is 336 g/mol. The third-order valence-corrected chi connectivity index (χ3v) is 5.48. The maximum Gasteiger partial charge on any atom is 0.236 e. The first-order valence-corrected chi connectivity index (χ1v) is 8.49. The van der Waals surface area contributed by atoms with Crippen molar-refractivity contribution in [3.05, 3.63) is 48.1 Å². The zero-order valence-electron chi connectivity index (χ0n) is 14.3. The van der Waals surface area contributed by atoms with Gasteiger partial charge in [-0.1, -0.05) is 29.9 Å². The first kappa shape index (κ1) is 15.8. The highest BCUT2D eigenvalue weighted by molar-refractivity contribution is 6.11. The molecule has 0 radical (unpaired) electrons. The van der Waals surface area contributed by atoms with Crippen molar-refractivity contribution in [2.24, 2.45) is 11.8 Å². The maximum absolute atomic E-state index is 12.9. The molecule has 1 aromatic rings. The van der Waals surface area contributed by atoms with Gasteiger partial charge in [-0.05, 0) is 31.5 Å². The fraction of sp³-hybridized carbons (Fsp3) is 0.350. The van der Waals surface area contributed by atoms with Gasteiger partial charge in [0, 0.05) is 12.2 Å². The molecule has 4 unspecified atom stereocenters. The van der Waals surface area contributed by atoms with E-state index >= 15 is 0 Å². The molecule has 5 heteroatoms. The van der Waals surface area contributed by atoms with Crippen LogP contribution in [-0.4, -0.2) is 41.1 Å². The second kappa shape index (κ2) is 5.41. The summed E-state index contributed by atoms with van der Waals surface area (Å²) in [5.41, 5.74) is 3.07. The van der Waals surface area contributed by atoms with Gasteiger partial charge in [0.2, 0.25) is 11.8 Å². The molecule has 3 heterocycles. The molecule has 2 amide bonds. The number of benzene rings is 1. The summed E-state index contributed by atoms with van der Waals surface area (Å²) in [5, 5.41) is 0. The van der Waals surface area contributed by atoms with Crippen molar-refractivity contribution in [1.82, 2.24) is 4.90 Å². The number of nitrogens with zero attached hydrogens (tertiary/aromatic N) is 2. The molecule has 0 aliphatic carbocycles. The molecule has 0 aromatic heterocycles. The van der Waals surface area contributed by atoms with Crippen molar-refractivity contribution < 1.29 is 14.4 Å². The molecule has 25 heavy (non-hydrogen) atoms. The first-order valence-electron chi connectivity index (χ1n) is 8.49. The SMILES string of the molecule is C=CCN1C(=O)C2C(C1=O)C(C(C)=O)N1c3ccc(C)cc3C=CC21. The highest BCUT2D eigenvalue weighted by atomic mass is 16.2. The average molecular weight is 336 g/mol. The smallest absolute Gasteiger partial charge is 0.236 e. The Morgan fingerprint density at radius 1 is 1.24 bits per heavy atom. The molecule has 0 spiro atoms. The molecule has 128 valence electrons. The molecule has 2 fully saturated rings. The molecular weight excluding hydrogens is 316 g/mol. The number of imide groups is 1. The molecule has 3 aliphatic heterocycles. The van der Waals surface area contributed by atoms with Gasteiger partial charge in [0.05, 0.1) is 17.9 Å². The summed E-state index contributed by atoms with van der Waals surface area (Å²) in [6.45, 7) is 7.34. The van der Waals surface area contributed by atoms with E-state index in [2.05, 4.69) is 12.6 Å². The number of amides is 2. The highest BCUT2D eigenvalue weighted by Crippen LogP contribution is 2.48. The number of carbonyl (C=O) groups is 3. The molecule has 3 aliphatic rings. The summed E-state index contributed by atoms with van der Waals surface area (Å²) < 4.78 is 0. The third-order valence-electron chi connectivity index (χ3n) is 5.48. The molecule has 0 saturated carbocycles. The topological polar surface area (TPSA) is 57.7 Å². The molecule has 4 atom stereocenters. The lowest BCUT2D eigenvalue weighted by Gasteiger charge is -2.36. The quantitative estimate of drug-likeness (QED) is 0.625. The van der Waals surface area contributed by atoms with Gasteiger partial charge in [0.25, 0.3) is 0 Å². The molecule has 0 N–H and O–H groups in total. The van der Waals surface area contributed by atoms with Crippen LogP contribution in [0.2, 0.25) is 0 Å². The minimum absolute atomic E-state index is 0.0825. The zero-order valence-corrected chi connectivity index (χ0v) is 14.3. The van der Waals surface area contributed by atoms with Crippen molar-refractivity contribution >= 4 is 29.4 Å². The number of hydrogen-bond acceptors (Lipinski definition) is 4. The molecule has 1 aromatic carbocycles. The predicted molar refractivity (Wildman–Crippen MR) is 94.8 cm³/mol. The Morgan fingerprint density at radius 3 is 2.64 bits per heavy atom. The Morgan fingerprint density at radius 2 is 1.96 bits per heavy atom. The normalized spacial score (nSPS) is 29.5. The number of hydrogen-bond donors (Lipinski definition) is 0. The number of ketones is 1. The lowest BCUT2D eigenvalue weighted by atomic mass is 9.88. The summed E-state index contributed by atoms with van der Waals surface area (Å²) in [4.78, 5) is 41.4. The second-order valence-corrected chi connectivity index (χ2v) is 7.00. The summed E-state index contributed by atoms with van der Waals surface area (Å²) in [7, 11) is 0. The fourth-order valence-corrected chi connectivity index (χ4v) is 4.52. The molecule has 4 rings (SSSR count). The van der Waals surface area contributed by atoms with E-state index in [4.69, 9.17) is 0 Å². The van der Waals surface area contributed by atoms with E-state index in [-0.39, 0.29) is 30.2 Å². The van der Waals surface area contributed by atoms with E-state index in [0.717, 1.165) is 16.8 Å². The summed E-state index contributed by atoms with van der Waals surface area (Å²) in [6.07, 6.45) is 5.51. The van der Waals surface area contributed by atoms with Gasteiger partial charge in [-0.25, -0.2) is 0 Å². The number of rotatable bonds is 3. The Balaban J connectivity index is 1.85. The van der Waals surface area contributed by atoms with Gasteiger partial charge in [-0.2, -0.15) is 0 Å². The maximum atomic E-state index is 12.9. The van der Waals surface area contributed by atoms with Crippen LogP contribution in [0.25, 0.3) is 6.08 Å². The average Bonchev–Trinajstić information content (AvgIpc) is 3.04. The van der Waals surface area contributed by atoms with Crippen molar-refractivity contribution in [3.8, 4) is 0 Å². The van der Waals surface area contributed by atoms with Gasteiger partial charge >= 0.3 is 0 Å². The van der Waals surface area contributed by atoms with Crippen LogP contribution in [0.4, 0.5) is 5.69 Å². The van der Waals surface area contributed by atoms with Crippen LogP contribution in [0.15, 0.2) is 36.9 Å². The van der Waals surface area contributed by atoms with Crippen LogP contribution < -0.4 is 4.90 Å². The van der Waals surface area contributed by atoms with Gasteiger partial charge in [0.1, 0.15) is 6.04 Å². The predicted octanol–water partition coefficient (Wildman–Crippen LogP) is 1.96. The van der Waals surface area contributed by atoms with Crippen molar-refractivity contribution in [2.45, 2.75) is 25.9 Å². The Bertz CT molecular complexity index is 841. The Hall–Kier alpha value is -2.69. The lowest BCUT2D eigenvalue weighted by Crippen LogP contribution is -2.48. The fourth-order valence-electron chi connectivity index (χ4n) is 4.52. The van der Waals surface area contributed by atoms with E-state index in [0.29, 0.717) is 0 Å². The van der Waals surface area contributed by atoms with Crippen LogP contribution in [0, 0.1) is 18.8 Å². The van der Waals surface area contributed by atoms with E-state index in [1.807, 2.05) is 36.1 Å². The summed E-state index contributed by atoms with van der Waals surface area (Å²) in [5.74, 6) is -1.67. The lowest BCUT2D eigenvalue weighted by molar-refractivity contribution is -0.140. The third kappa shape index (κ3) is 2.05. The molecule has 2 saturated heterocycles. The van der Waals surface area contributed by atoms with Gasteiger partial charge in [-0.15, -0.1) is 6.58 Å². The number of Topliss-reactive ketones (excluding diaryl/α,β-unsaturated/α-hetero) is 1. The van der Waals surface area contributed by atoms with E-state index < -0.39 is 17.9 Å². The molecule has 0 bridgehead atoms. The zero-order chi connectivity index (χ0) is 17.9. The van der Waals surface area contributed by atoms with E-state index in [9.17, 15) is 14.4 Å². The van der Waals surface area contributed by atoms with Crippen molar-refractivity contribution in [1.29, 1.82) is 0 Å². The van der Waals surface area contributed by atoms with E-state index in [1.54, 1.807) is 6.08 Å². The van der Waals surface area contributed by atoms with Crippen LogP contribution in [0.3, 0.4) is 0 Å². The highest BCUT2D eigenvalue weighted by Gasteiger charge is 2.63. The number of fused-ring (bicyclic) bond motifs is 5. The van der Waals surface area contributed by atoms with Crippen LogP contribution >= 0.6 is 0 Å². The molecular formula is C20H20N2O3. The number of aryl methyl sites for hydroxylation is 1. The Kier molecular flexibility index (Phi) is 3.42. The van der Waals surface area contributed by atoms with Crippen molar-refractivity contribution in [2.75, 3.05) is 11.4 Å². The summed E-state index contributed by atoms with van der Waals surface area (Å²) in [6, 6.07) is 5.16.